The van der Waals surface area contributed by atoms with Crippen LogP contribution in [0.3, 0.4) is 0 Å². The van der Waals surface area contributed by atoms with E-state index in [0.717, 1.165) is 49.0 Å². The normalized spacial score (nSPS) is 12.1. The summed E-state index contributed by atoms with van der Waals surface area (Å²) in [6.45, 7) is 9.08. The van der Waals surface area contributed by atoms with Gasteiger partial charge in [0.05, 0.1) is 6.10 Å². The molecule has 3 aromatic rings. The number of rotatable bonds is 15. The summed E-state index contributed by atoms with van der Waals surface area (Å²) in [5.41, 5.74) is 3.71. The molecule has 0 saturated carbocycles. The number of hydrogen-bond donors (Lipinski definition) is 0. The van der Waals surface area contributed by atoms with Gasteiger partial charge in [-0.15, -0.1) is 0 Å². The highest BCUT2D eigenvalue weighted by atomic mass is 19.1. The first kappa shape index (κ1) is 27.3. The summed E-state index contributed by atoms with van der Waals surface area (Å²) in [7, 11) is 0. The monoisotopic (exact) mass is 488 g/mol. The predicted molar refractivity (Wildman–Crippen MR) is 146 cm³/mol. The SMILES string of the molecule is C=CCOc1ccc(-c2ncc(-c3ccc(C=CCCCC(C)OCCCCC)cc3)cn2)cc1F. The van der Waals surface area contributed by atoms with E-state index in [2.05, 4.69) is 66.8 Å². The van der Waals surface area contributed by atoms with Gasteiger partial charge in [0.1, 0.15) is 6.61 Å². The van der Waals surface area contributed by atoms with Gasteiger partial charge < -0.3 is 9.47 Å². The van der Waals surface area contributed by atoms with Crippen LogP contribution in [0.15, 0.2) is 73.6 Å². The molecule has 1 unspecified atom stereocenters. The molecule has 0 aliphatic rings. The molecule has 0 fully saturated rings. The Morgan fingerprint density at radius 3 is 2.42 bits per heavy atom. The van der Waals surface area contributed by atoms with Crippen LogP contribution in [-0.4, -0.2) is 29.3 Å². The van der Waals surface area contributed by atoms with Gasteiger partial charge in [0, 0.05) is 30.1 Å². The lowest BCUT2D eigenvalue weighted by molar-refractivity contribution is 0.0566. The topological polar surface area (TPSA) is 44.2 Å². The summed E-state index contributed by atoms with van der Waals surface area (Å²) in [5, 5.41) is 0. The highest BCUT2D eigenvalue weighted by Gasteiger charge is 2.09. The molecule has 0 aliphatic carbocycles. The maximum Gasteiger partial charge on any atom is 0.165 e. The van der Waals surface area contributed by atoms with Crippen molar-refractivity contribution in [2.45, 2.75) is 58.5 Å². The van der Waals surface area contributed by atoms with Gasteiger partial charge in [-0.25, -0.2) is 14.4 Å². The molecule has 0 radical (unpaired) electrons. The molecule has 0 bridgehead atoms. The minimum atomic E-state index is -0.448. The van der Waals surface area contributed by atoms with E-state index in [0.29, 0.717) is 17.5 Å². The summed E-state index contributed by atoms with van der Waals surface area (Å²) in [6.07, 6.45) is 16.7. The van der Waals surface area contributed by atoms with Crippen molar-refractivity contribution in [1.82, 2.24) is 9.97 Å². The zero-order chi connectivity index (χ0) is 25.6. The second-order valence-corrected chi connectivity index (χ2v) is 8.88. The summed E-state index contributed by atoms with van der Waals surface area (Å²) in [6, 6.07) is 13.0. The third kappa shape index (κ3) is 8.72. The van der Waals surface area contributed by atoms with Crippen molar-refractivity contribution < 1.29 is 13.9 Å². The van der Waals surface area contributed by atoms with Gasteiger partial charge in [-0.3, -0.25) is 0 Å². The van der Waals surface area contributed by atoms with Crippen molar-refractivity contribution in [3.63, 3.8) is 0 Å². The summed E-state index contributed by atoms with van der Waals surface area (Å²) in [4.78, 5) is 8.87. The molecule has 1 aromatic heterocycles. The van der Waals surface area contributed by atoms with Gasteiger partial charge in [0.15, 0.2) is 17.4 Å². The first-order chi connectivity index (χ1) is 17.6. The highest BCUT2D eigenvalue weighted by molar-refractivity contribution is 5.66. The molecule has 0 amide bonds. The fourth-order valence-corrected chi connectivity index (χ4v) is 3.78. The van der Waals surface area contributed by atoms with Crippen molar-refractivity contribution in [3.8, 4) is 28.3 Å². The van der Waals surface area contributed by atoms with Gasteiger partial charge in [-0.1, -0.05) is 68.8 Å². The van der Waals surface area contributed by atoms with E-state index in [1.165, 1.54) is 18.9 Å². The van der Waals surface area contributed by atoms with E-state index in [4.69, 9.17) is 9.47 Å². The molecular weight excluding hydrogens is 451 g/mol. The number of allylic oxidation sites excluding steroid dienone is 1. The standard InChI is InChI=1S/C31H37FN2O2/c1-4-6-10-20-35-24(3)11-8-7-9-12-25-13-15-26(16-14-25)28-22-33-31(34-23-28)27-17-18-30(29(32)21-27)36-19-5-2/h5,9,12-18,21-24H,2,4,6-8,10-11,19-20H2,1,3H3. The molecule has 2 aromatic carbocycles. The molecule has 190 valence electrons. The maximum atomic E-state index is 14.3. The minimum absolute atomic E-state index is 0.186. The number of aromatic nitrogens is 2. The van der Waals surface area contributed by atoms with Gasteiger partial charge >= 0.3 is 0 Å². The van der Waals surface area contributed by atoms with E-state index in [9.17, 15) is 4.39 Å². The van der Waals surface area contributed by atoms with Crippen LogP contribution in [-0.2, 0) is 4.74 Å². The summed E-state index contributed by atoms with van der Waals surface area (Å²) >= 11 is 0. The Kier molecular flexibility index (Phi) is 11.3. The Morgan fingerprint density at radius 1 is 0.972 bits per heavy atom. The van der Waals surface area contributed by atoms with Crippen LogP contribution >= 0.6 is 0 Å². The van der Waals surface area contributed by atoms with E-state index in [-0.39, 0.29) is 12.4 Å². The molecule has 1 atom stereocenters. The second-order valence-electron chi connectivity index (χ2n) is 8.88. The van der Waals surface area contributed by atoms with E-state index >= 15 is 0 Å². The third-order valence-electron chi connectivity index (χ3n) is 5.88. The lowest BCUT2D eigenvalue weighted by atomic mass is 10.1. The highest BCUT2D eigenvalue weighted by Crippen LogP contribution is 2.25. The van der Waals surface area contributed by atoms with Crippen LogP contribution in [0.1, 0.15) is 57.9 Å². The molecular formula is C31H37FN2O2. The number of unbranched alkanes of at least 4 members (excludes halogenated alkanes) is 3. The Balaban J connectivity index is 1.49. The Hall–Kier alpha value is -3.31. The van der Waals surface area contributed by atoms with Crippen LogP contribution in [0.2, 0.25) is 0 Å². The number of nitrogens with zero attached hydrogens (tertiary/aromatic N) is 2. The molecule has 5 heteroatoms. The first-order valence-corrected chi connectivity index (χ1v) is 12.8. The smallest absolute Gasteiger partial charge is 0.165 e. The summed E-state index contributed by atoms with van der Waals surface area (Å²) < 4.78 is 25.4. The lowest BCUT2D eigenvalue weighted by Crippen LogP contribution is -2.08. The van der Waals surface area contributed by atoms with Crippen molar-refractivity contribution in [3.05, 3.63) is 85.0 Å². The lowest BCUT2D eigenvalue weighted by Gasteiger charge is -2.12. The molecule has 0 aliphatic heterocycles. The second kappa shape index (κ2) is 14.9. The Bertz CT molecular complexity index is 1090. The maximum absolute atomic E-state index is 14.3. The van der Waals surface area contributed by atoms with Crippen LogP contribution in [0.25, 0.3) is 28.6 Å². The van der Waals surface area contributed by atoms with Crippen LogP contribution in [0.5, 0.6) is 5.75 Å². The molecule has 3 rings (SSSR count). The molecule has 0 N–H and O–H groups in total. The average molecular weight is 489 g/mol. The number of benzene rings is 2. The van der Waals surface area contributed by atoms with E-state index in [1.54, 1.807) is 30.6 Å². The molecule has 0 saturated heterocycles. The largest absolute Gasteiger partial charge is 0.486 e. The fraction of sp³-hybridized carbons (Fsp3) is 0.355. The van der Waals surface area contributed by atoms with Crippen LogP contribution in [0, 0.1) is 5.82 Å². The zero-order valence-corrected chi connectivity index (χ0v) is 21.5. The quantitative estimate of drug-likeness (QED) is 0.159. The Morgan fingerprint density at radius 2 is 1.72 bits per heavy atom. The van der Waals surface area contributed by atoms with Gasteiger partial charge in [0.2, 0.25) is 0 Å². The predicted octanol–water partition coefficient (Wildman–Crippen LogP) is 8.29. The van der Waals surface area contributed by atoms with Gasteiger partial charge in [-0.2, -0.15) is 0 Å². The number of ether oxygens (including phenoxy) is 2. The first-order valence-electron chi connectivity index (χ1n) is 12.8. The van der Waals surface area contributed by atoms with Crippen molar-refractivity contribution in [2.24, 2.45) is 0 Å². The van der Waals surface area contributed by atoms with Gasteiger partial charge in [-0.05, 0) is 61.9 Å². The minimum Gasteiger partial charge on any atom is -0.486 e. The molecule has 36 heavy (non-hydrogen) atoms. The fourth-order valence-electron chi connectivity index (χ4n) is 3.78. The molecule has 1 heterocycles. The van der Waals surface area contributed by atoms with E-state index < -0.39 is 5.82 Å². The van der Waals surface area contributed by atoms with Crippen molar-refractivity contribution in [2.75, 3.05) is 13.2 Å². The Labute approximate surface area is 214 Å². The van der Waals surface area contributed by atoms with E-state index in [1.807, 2.05) is 0 Å². The van der Waals surface area contributed by atoms with Crippen molar-refractivity contribution >= 4 is 6.08 Å². The van der Waals surface area contributed by atoms with Crippen LogP contribution in [0.4, 0.5) is 4.39 Å². The molecule has 0 spiro atoms. The van der Waals surface area contributed by atoms with Gasteiger partial charge in [0.25, 0.3) is 0 Å². The van der Waals surface area contributed by atoms with Crippen molar-refractivity contribution in [1.29, 1.82) is 0 Å². The summed E-state index contributed by atoms with van der Waals surface area (Å²) in [5.74, 6) is 0.204. The van der Waals surface area contributed by atoms with Crippen LogP contribution < -0.4 is 4.74 Å². The zero-order valence-electron chi connectivity index (χ0n) is 21.5. The number of hydrogen-bond acceptors (Lipinski definition) is 4. The molecule has 4 nitrogen and oxygen atoms in total. The number of halogens is 1. The third-order valence-corrected chi connectivity index (χ3v) is 5.88. The average Bonchev–Trinajstić information content (AvgIpc) is 2.91.